The van der Waals surface area contributed by atoms with Crippen LogP contribution >= 0.6 is 11.3 Å². The van der Waals surface area contributed by atoms with Crippen molar-refractivity contribution in [2.75, 3.05) is 18.5 Å². The van der Waals surface area contributed by atoms with Gasteiger partial charge in [0.15, 0.2) is 6.10 Å². The predicted molar refractivity (Wildman–Crippen MR) is 152 cm³/mol. The van der Waals surface area contributed by atoms with Crippen molar-refractivity contribution in [3.05, 3.63) is 29.4 Å². The summed E-state index contributed by atoms with van der Waals surface area (Å²) in [5.74, 6) is 0.215. The number of carbonyl (C=O) groups excluding carboxylic acids is 2. The van der Waals surface area contributed by atoms with E-state index >= 15 is 0 Å². The summed E-state index contributed by atoms with van der Waals surface area (Å²) in [5.41, 5.74) is 0.101. The van der Waals surface area contributed by atoms with Crippen LogP contribution in [-0.2, 0) is 24.2 Å². The highest BCUT2D eigenvalue weighted by Gasteiger charge is 2.30. The largest absolute Gasteiger partial charge is 0.447 e. The van der Waals surface area contributed by atoms with Crippen molar-refractivity contribution < 1.29 is 32.2 Å². The average Bonchev–Trinajstić information content (AvgIpc) is 3.30. The number of hydrogen-bond acceptors (Lipinski definition) is 9. The molecule has 1 aliphatic heterocycles. The molecule has 0 atom stereocenters. The zero-order valence-corrected chi connectivity index (χ0v) is 25.1. The van der Waals surface area contributed by atoms with Gasteiger partial charge in [-0.15, -0.1) is 11.3 Å². The van der Waals surface area contributed by atoms with Gasteiger partial charge in [0.25, 0.3) is 0 Å². The molecule has 2 heterocycles. The maximum atomic E-state index is 13.5. The Labute approximate surface area is 239 Å². The molecule has 0 radical (unpaired) electrons. The number of nitrogens with zero attached hydrogens (tertiary/aromatic N) is 1. The molecule has 1 saturated heterocycles. The zero-order valence-electron chi connectivity index (χ0n) is 23.5. The molecular weight excluding hydrogens is 556 g/mol. The van der Waals surface area contributed by atoms with E-state index in [1.807, 2.05) is 0 Å². The Balaban J connectivity index is 1.49. The lowest BCUT2D eigenvalue weighted by Gasteiger charge is -2.30. The van der Waals surface area contributed by atoms with Gasteiger partial charge in [-0.25, -0.2) is 27.7 Å². The van der Waals surface area contributed by atoms with Crippen molar-refractivity contribution in [1.82, 2.24) is 15.0 Å². The quantitative estimate of drug-likeness (QED) is 0.387. The van der Waals surface area contributed by atoms with Gasteiger partial charge in [-0.2, -0.15) is 0 Å². The molecule has 2 fully saturated rings. The van der Waals surface area contributed by atoms with Crippen LogP contribution < -0.4 is 15.4 Å². The molecule has 40 heavy (non-hydrogen) atoms. The van der Waals surface area contributed by atoms with Crippen molar-refractivity contribution in [2.24, 2.45) is 0 Å². The number of sulfonamides is 1. The Morgan fingerprint density at radius 1 is 1.10 bits per heavy atom. The van der Waals surface area contributed by atoms with Crippen LogP contribution in [0.25, 0.3) is 10.4 Å². The number of nitrogens with one attached hydrogen (secondary N) is 3. The van der Waals surface area contributed by atoms with Crippen LogP contribution in [-0.4, -0.2) is 62.6 Å². The standard InChI is InChI=1S/C27H38N4O7S2/c1-16(2)37-25(32)30-19-10-11-21(23(12-19)40(34,35)31-27(3,4)5)22-13-28-24(39-22)17-6-8-18(9-7-17)29-26(33)38-20-14-36-15-20/h10-13,16-18,20,31H,6-9,14-15H2,1-5H3,(H,29,33)(H,30,32). The summed E-state index contributed by atoms with van der Waals surface area (Å²) in [6.45, 7) is 9.67. The predicted octanol–water partition coefficient (Wildman–Crippen LogP) is 5.00. The third-order valence-corrected chi connectivity index (χ3v) is 9.36. The monoisotopic (exact) mass is 594 g/mol. The normalized spacial score (nSPS) is 20.1. The smallest absolute Gasteiger partial charge is 0.411 e. The van der Waals surface area contributed by atoms with Crippen LogP contribution in [0.5, 0.6) is 0 Å². The van der Waals surface area contributed by atoms with Crippen molar-refractivity contribution >= 4 is 39.2 Å². The molecule has 220 valence electrons. The summed E-state index contributed by atoms with van der Waals surface area (Å²) in [5, 5.41) is 6.48. The summed E-state index contributed by atoms with van der Waals surface area (Å²) in [6, 6.07) is 4.82. The van der Waals surface area contributed by atoms with Gasteiger partial charge in [-0.05, 0) is 72.4 Å². The molecule has 4 rings (SSSR count). The summed E-state index contributed by atoms with van der Waals surface area (Å²) in [7, 11) is -3.94. The number of hydrogen-bond donors (Lipinski definition) is 3. The lowest BCUT2D eigenvalue weighted by molar-refractivity contribution is -0.0985. The molecule has 2 aromatic rings. The highest BCUT2D eigenvalue weighted by molar-refractivity contribution is 7.89. The number of amides is 2. The van der Waals surface area contributed by atoms with Crippen LogP contribution in [0.4, 0.5) is 15.3 Å². The molecule has 2 amide bonds. The molecule has 11 nitrogen and oxygen atoms in total. The van der Waals surface area contributed by atoms with Gasteiger partial charge in [0.05, 0.1) is 34.1 Å². The van der Waals surface area contributed by atoms with Crippen LogP contribution in [0.2, 0.25) is 0 Å². The van der Waals surface area contributed by atoms with Gasteiger partial charge in [0, 0.05) is 34.9 Å². The zero-order chi connectivity index (χ0) is 29.1. The SMILES string of the molecule is CC(C)OC(=O)Nc1ccc(-c2cnc(C3CCC(NC(=O)OC4COC4)CC3)s2)c(S(=O)(=O)NC(C)(C)C)c1. The lowest BCUT2D eigenvalue weighted by atomic mass is 9.86. The fourth-order valence-electron chi connectivity index (χ4n) is 4.57. The Kier molecular flexibility index (Phi) is 9.38. The van der Waals surface area contributed by atoms with E-state index in [2.05, 4.69) is 20.3 Å². The summed E-state index contributed by atoms with van der Waals surface area (Å²) >= 11 is 1.46. The van der Waals surface area contributed by atoms with Crippen LogP contribution in [0.1, 0.15) is 71.2 Å². The fourth-order valence-corrected chi connectivity index (χ4v) is 7.42. The number of alkyl carbamates (subject to hydrolysis) is 1. The molecule has 13 heteroatoms. The second-order valence-electron chi connectivity index (χ2n) is 11.5. The highest BCUT2D eigenvalue weighted by atomic mass is 32.2. The maximum Gasteiger partial charge on any atom is 0.411 e. The molecular formula is C27H38N4O7S2. The molecule has 3 N–H and O–H groups in total. The fraction of sp³-hybridized carbons (Fsp3) is 0.593. The van der Waals surface area contributed by atoms with Gasteiger partial charge < -0.3 is 19.5 Å². The van der Waals surface area contributed by atoms with Crippen molar-refractivity contribution in [3.8, 4) is 10.4 Å². The van der Waals surface area contributed by atoms with E-state index in [-0.39, 0.29) is 29.1 Å². The van der Waals surface area contributed by atoms with Crippen LogP contribution in [0, 0.1) is 0 Å². The Morgan fingerprint density at radius 2 is 1.80 bits per heavy atom. The molecule has 0 spiro atoms. The number of aromatic nitrogens is 1. The van der Waals surface area contributed by atoms with E-state index in [9.17, 15) is 18.0 Å². The molecule has 2 aliphatic rings. The first-order valence-electron chi connectivity index (χ1n) is 13.5. The van der Waals surface area contributed by atoms with E-state index in [0.717, 1.165) is 30.7 Å². The minimum Gasteiger partial charge on any atom is -0.447 e. The number of benzene rings is 1. The first-order valence-corrected chi connectivity index (χ1v) is 15.8. The first kappa shape index (κ1) is 30.2. The second kappa shape index (κ2) is 12.4. The number of carbonyl (C=O) groups is 2. The molecule has 1 aliphatic carbocycles. The first-order chi connectivity index (χ1) is 18.8. The van der Waals surface area contributed by atoms with E-state index in [1.54, 1.807) is 52.9 Å². The topological polar surface area (TPSA) is 145 Å². The van der Waals surface area contributed by atoms with Gasteiger partial charge in [0.1, 0.15) is 0 Å². The number of ether oxygens (including phenoxy) is 3. The molecule has 1 aromatic heterocycles. The van der Waals surface area contributed by atoms with E-state index in [0.29, 0.717) is 29.3 Å². The number of thiazole rings is 1. The Morgan fingerprint density at radius 3 is 2.40 bits per heavy atom. The molecule has 1 saturated carbocycles. The third kappa shape index (κ3) is 8.15. The molecule has 0 bridgehead atoms. The van der Waals surface area contributed by atoms with Crippen molar-refractivity contribution in [1.29, 1.82) is 0 Å². The Hall–Kier alpha value is -2.74. The number of rotatable bonds is 8. The Bertz CT molecular complexity index is 1310. The minimum absolute atomic E-state index is 0.0447. The van der Waals surface area contributed by atoms with Crippen molar-refractivity contribution in [2.45, 2.75) is 94.9 Å². The van der Waals surface area contributed by atoms with Gasteiger partial charge in [0.2, 0.25) is 10.0 Å². The highest BCUT2D eigenvalue weighted by Crippen LogP contribution is 2.40. The maximum absolute atomic E-state index is 13.5. The number of anilines is 1. The second-order valence-corrected chi connectivity index (χ2v) is 14.2. The third-order valence-electron chi connectivity index (χ3n) is 6.37. The molecule has 1 aromatic carbocycles. The summed E-state index contributed by atoms with van der Waals surface area (Å²) < 4.78 is 45.1. The van der Waals surface area contributed by atoms with E-state index in [1.165, 1.54) is 17.4 Å². The average molecular weight is 595 g/mol. The molecule has 0 unspecified atom stereocenters. The van der Waals surface area contributed by atoms with E-state index < -0.39 is 27.7 Å². The van der Waals surface area contributed by atoms with Gasteiger partial charge in [-0.1, -0.05) is 6.07 Å². The summed E-state index contributed by atoms with van der Waals surface area (Å²) in [6.07, 6.45) is 3.47. The van der Waals surface area contributed by atoms with E-state index in [4.69, 9.17) is 14.2 Å². The van der Waals surface area contributed by atoms with Crippen LogP contribution in [0.3, 0.4) is 0 Å². The lowest BCUT2D eigenvalue weighted by Crippen LogP contribution is -2.44. The van der Waals surface area contributed by atoms with Crippen LogP contribution in [0.15, 0.2) is 29.3 Å². The van der Waals surface area contributed by atoms with Gasteiger partial charge in [-0.3, -0.25) is 5.32 Å². The van der Waals surface area contributed by atoms with Gasteiger partial charge >= 0.3 is 12.2 Å². The van der Waals surface area contributed by atoms with Crippen molar-refractivity contribution in [3.63, 3.8) is 0 Å². The minimum atomic E-state index is -3.94. The summed E-state index contributed by atoms with van der Waals surface area (Å²) in [4.78, 5) is 29.6.